The van der Waals surface area contributed by atoms with E-state index in [1.165, 1.54) is 18.3 Å². The maximum atomic E-state index is 12.5. The van der Waals surface area contributed by atoms with Crippen LogP contribution in [-0.2, 0) is 6.18 Å². The molecule has 1 amide bonds. The normalized spacial score (nSPS) is 11.1. The van der Waals surface area contributed by atoms with Crippen molar-refractivity contribution in [1.29, 1.82) is 0 Å². The Hall–Kier alpha value is -2.91. The van der Waals surface area contributed by atoms with Crippen LogP contribution in [0, 0.1) is 0 Å². The van der Waals surface area contributed by atoms with Crippen molar-refractivity contribution in [3.8, 4) is 5.75 Å². The minimum Gasteiger partial charge on any atom is -0.505 e. The maximum absolute atomic E-state index is 12.5. The fraction of sp³-hybridized carbons (Fsp3) is 0.231. The fourth-order valence-electron chi connectivity index (χ4n) is 1.61. The number of hydrogen-bond acceptors (Lipinski definition) is 6. The van der Waals surface area contributed by atoms with E-state index in [0.717, 1.165) is 12.3 Å². The summed E-state index contributed by atoms with van der Waals surface area (Å²) >= 11 is 0. The second-order valence-electron chi connectivity index (χ2n) is 4.32. The molecular weight excluding hydrogens is 315 g/mol. The van der Waals surface area contributed by atoms with Crippen molar-refractivity contribution in [1.82, 2.24) is 20.3 Å². The van der Waals surface area contributed by atoms with Gasteiger partial charge in [-0.3, -0.25) is 4.79 Å². The summed E-state index contributed by atoms with van der Waals surface area (Å²) in [5, 5.41) is 14.5. The summed E-state index contributed by atoms with van der Waals surface area (Å²) in [7, 11) is 0. The second-order valence-corrected chi connectivity index (χ2v) is 4.32. The molecule has 0 radical (unpaired) electrons. The fourth-order valence-corrected chi connectivity index (χ4v) is 1.61. The molecule has 0 aliphatic rings. The first kappa shape index (κ1) is 16.5. The third-order valence-corrected chi connectivity index (χ3v) is 2.64. The van der Waals surface area contributed by atoms with Gasteiger partial charge in [-0.05, 0) is 18.2 Å². The number of alkyl halides is 3. The van der Waals surface area contributed by atoms with E-state index in [0.29, 0.717) is 0 Å². The molecule has 0 fully saturated rings. The first-order chi connectivity index (χ1) is 10.9. The average Bonchev–Trinajstić information content (AvgIpc) is 2.51. The van der Waals surface area contributed by atoms with Crippen molar-refractivity contribution >= 4 is 11.9 Å². The van der Waals surface area contributed by atoms with Crippen LogP contribution < -0.4 is 10.6 Å². The van der Waals surface area contributed by atoms with Gasteiger partial charge in [0.1, 0.15) is 11.4 Å². The summed E-state index contributed by atoms with van der Waals surface area (Å²) in [5.74, 6) is -1.07. The van der Waals surface area contributed by atoms with Crippen molar-refractivity contribution in [2.45, 2.75) is 6.18 Å². The summed E-state index contributed by atoms with van der Waals surface area (Å²) in [5.41, 5.74) is -1.19. The van der Waals surface area contributed by atoms with Gasteiger partial charge in [-0.15, -0.1) is 0 Å². The molecule has 122 valence electrons. The zero-order chi connectivity index (χ0) is 16.9. The number of anilines is 1. The van der Waals surface area contributed by atoms with Gasteiger partial charge in [0.25, 0.3) is 5.91 Å². The topological polar surface area (TPSA) is 100 Å². The van der Waals surface area contributed by atoms with E-state index < -0.39 is 17.8 Å². The molecule has 0 saturated carbocycles. The van der Waals surface area contributed by atoms with Crippen molar-refractivity contribution in [2.24, 2.45) is 0 Å². The highest BCUT2D eigenvalue weighted by molar-refractivity contribution is 5.94. The number of nitrogens with one attached hydrogen (secondary N) is 2. The molecule has 10 heteroatoms. The van der Waals surface area contributed by atoms with Gasteiger partial charge in [0.15, 0.2) is 5.69 Å². The number of carbonyl (C=O) groups is 1. The van der Waals surface area contributed by atoms with Gasteiger partial charge in [0.2, 0.25) is 5.95 Å². The summed E-state index contributed by atoms with van der Waals surface area (Å²) < 4.78 is 37.4. The van der Waals surface area contributed by atoms with Gasteiger partial charge in [-0.25, -0.2) is 15.0 Å². The van der Waals surface area contributed by atoms with Crippen molar-refractivity contribution in [3.05, 3.63) is 42.0 Å². The zero-order valence-corrected chi connectivity index (χ0v) is 11.6. The Morgan fingerprint density at radius 2 is 1.96 bits per heavy atom. The lowest BCUT2D eigenvalue weighted by Crippen LogP contribution is -2.29. The highest BCUT2D eigenvalue weighted by atomic mass is 19.4. The SMILES string of the molecule is O=C(NCCNc1nccc(C(F)(F)F)n1)c1ncccc1O. The first-order valence-corrected chi connectivity index (χ1v) is 6.44. The minimum absolute atomic E-state index is 0.0778. The molecule has 7 nitrogen and oxygen atoms in total. The number of aromatic hydroxyl groups is 1. The third kappa shape index (κ3) is 4.53. The number of amides is 1. The zero-order valence-electron chi connectivity index (χ0n) is 11.6. The van der Waals surface area contributed by atoms with Crippen molar-refractivity contribution in [3.63, 3.8) is 0 Å². The molecule has 23 heavy (non-hydrogen) atoms. The lowest BCUT2D eigenvalue weighted by molar-refractivity contribution is -0.141. The number of aromatic nitrogens is 3. The highest BCUT2D eigenvalue weighted by Gasteiger charge is 2.32. The van der Waals surface area contributed by atoms with E-state index in [1.54, 1.807) is 0 Å². The molecule has 0 aromatic carbocycles. The summed E-state index contributed by atoms with van der Waals surface area (Å²) in [6.07, 6.45) is -2.21. The molecule has 2 aromatic heterocycles. The van der Waals surface area contributed by atoms with Crippen LogP contribution in [0.3, 0.4) is 0 Å². The molecular formula is C13H12F3N5O2. The van der Waals surface area contributed by atoms with Crippen LogP contribution in [0.25, 0.3) is 0 Å². The summed E-state index contributed by atoms with van der Waals surface area (Å²) in [4.78, 5) is 22.4. The number of carbonyl (C=O) groups excluding carboxylic acids is 1. The molecule has 3 N–H and O–H groups in total. The number of hydrogen-bond donors (Lipinski definition) is 3. The number of rotatable bonds is 5. The van der Waals surface area contributed by atoms with Crippen LogP contribution in [0.15, 0.2) is 30.6 Å². The lowest BCUT2D eigenvalue weighted by Gasteiger charge is -2.09. The molecule has 0 aliphatic carbocycles. The molecule has 2 heterocycles. The maximum Gasteiger partial charge on any atom is 0.433 e. The summed E-state index contributed by atoms with van der Waals surface area (Å²) in [6.45, 7) is 0.176. The first-order valence-electron chi connectivity index (χ1n) is 6.44. The van der Waals surface area contributed by atoms with Crippen LogP contribution in [0.2, 0.25) is 0 Å². The Balaban J connectivity index is 1.84. The van der Waals surface area contributed by atoms with E-state index in [-0.39, 0.29) is 30.5 Å². The Morgan fingerprint density at radius 3 is 2.65 bits per heavy atom. The van der Waals surface area contributed by atoms with Gasteiger partial charge >= 0.3 is 6.18 Å². The number of nitrogens with zero attached hydrogens (tertiary/aromatic N) is 3. The second kappa shape index (κ2) is 6.90. The monoisotopic (exact) mass is 327 g/mol. The van der Waals surface area contributed by atoms with Gasteiger partial charge < -0.3 is 15.7 Å². The predicted molar refractivity (Wildman–Crippen MR) is 73.8 cm³/mol. The molecule has 0 spiro atoms. The molecule has 0 saturated heterocycles. The van der Waals surface area contributed by atoms with Crippen LogP contribution in [-0.4, -0.2) is 39.1 Å². The van der Waals surface area contributed by atoms with Crippen LogP contribution in [0.1, 0.15) is 16.2 Å². The van der Waals surface area contributed by atoms with Crippen molar-refractivity contribution < 1.29 is 23.1 Å². The van der Waals surface area contributed by atoms with Crippen LogP contribution in [0.5, 0.6) is 5.75 Å². The van der Waals surface area contributed by atoms with Gasteiger partial charge in [0.05, 0.1) is 0 Å². The minimum atomic E-state index is -4.55. The third-order valence-electron chi connectivity index (χ3n) is 2.64. The standard InChI is InChI=1S/C13H12F3N5O2/c14-13(15,16)9-3-5-19-12(21-9)20-7-6-18-11(23)10-8(22)2-1-4-17-10/h1-5,22H,6-7H2,(H,18,23)(H,19,20,21). The predicted octanol–water partition coefficient (Wildman–Crippen LogP) is 1.44. The van der Waals surface area contributed by atoms with Gasteiger partial charge in [-0.2, -0.15) is 13.2 Å². The molecule has 2 aromatic rings. The number of halogens is 3. The summed E-state index contributed by atoms with van der Waals surface area (Å²) in [6, 6.07) is 3.55. The Bertz CT molecular complexity index is 693. The Labute approximate surface area is 128 Å². The highest BCUT2D eigenvalue weighted by Crippen LogP contribution is 2.27. The van der Waals surface area contributed by atoms with E-state index in [4.69, 9.17) is 0 Å². The smallest absolute Gasteiger partial charge is 0.433 e. The Morgan fingerprint density at radius 1 is 1.17 bits per heavy atom. The quantitative estimate of drug-likeness (QED) is 0.719. The molecule has 0 atom stereocenters. The number of pyridine rings is 1. The molecule has 0 bridgehead atoms. The molecule has 0 aliphatic heterocycles. The van der Waals surface area contributed by atoms with Crippen molar-refractivity contribution in [2.75, 3.05) is 18.4 Å². The molecule has 2 rings (SSSR count). The average molecular weight is 327 g/mol. The Kier molecular flexibility index (Phi) is 4.94. The van der Waals surface area contributed by atoms with Crippen LogP contribution in [0.4, 0.5) is 19.1 Å². The van der Waals surface area contributed by atoms with Gasteiger partial charge in [0, 0.05) is 25.5 Å². The molecule has 0 unspecified atom stereocenters. The van der Waals surface area contributed by atoms with E-state index in [1.807, 2.05) is 0 Å². The largest absolute Gasteiger partial charge is 0.505 e. The van der Waals surface area contributed by atoms with E-state index in [2.05, 4.69) is 25.6 Å². The van der Waals surface area contributed by atoms with Gasteiger partial charge in [-0.1, -0.05) is 0 Å². The van der Waals surface area contributed by atoms with E-state index >= 15 is 0 Å². The van der Waals surface area contributed by atoms with E-state index in [9.17, 15) is 23.1 Å². The lowest BCUT2D eigenvalue weighted by atomic mass is 10.3. The van der Waals surface area contributed by atoms with Crippen LogP contribution >= 0.6 is 0 Å².